The maximum atomic E-state index is 12.7. The third kappa shape index (κ3) is 5.37. The van der Waals surface area contributed by atoms with Crippen molar-refractivity contribution >= 4 is 22.8 Å². The number of hydrogen-bond acceptors (Lipinski definition) is 4. The molecule has 2 amide bonds. The number of hydrogen-bond donors (Lipinski definition) is 1. The first-order valence-corrected chi connectivity index (χ1v) is 12.0. The summed E-state index contributed by atoms with van der Waals surface area (Å²) in [6.45, 7) is 3.92. The van der Waals surface area contributed by atoms with Crippen LogP contribution in [0.4, 0.5) is 10.6 Å². The lowest BCUT2D eigenvalue weighted by Gasteiger charge is -2.34. The Morgan fingerprint density at radius 1 is 1.03 bits per heavy atom. The Balaban J connectivity index is 1.13. The van der Waals surface area contributed by atoms with Crippen LogP contribution in [0.5, 0.6) is 0 Å². The predicted molar refractivity (Wildman–Crippen MR) is 130 cm³/mol. The molecule has 1 saturated heterocycles. The van der Waals surface area contributed by atoms with Crippen LogP contribution in [0.25, 0.3) is 11.0 Å². The molecular formula is C27H30N4O2. The molecule has 6 nitrogen and oxygen atoms in total. The van der Waals surface area contributed by atoms with E-state index >= 15 is 0 Å². The molecule has 1 aliphatic heterocycles. The maximum absolute atomic E-state index is 12.7. The Bertz CT molecular complexity index is 1160. The maximum Gasteiger partial charge on any atom is 0.323 e. The number of urea groups is 1. The van der Waals surface area contributed by atoms with Crippen LogP contribution < -0.4 is 5.32 Å². The molecule has 1 aliphatic carbocycles. The van der Waals surface area contributed by atoms with Gasteiger partial charge >= 0.3 is 6.03 Å². The summed E-state index contributed by atoms with van der Waals surface area (Å²) in [6, 6.07) is 16.0. The van der Waals surface area contributed by atoms with Gasteiger partial charge in [-0.3, -0.25) is 10.2 Å². The van der Waals surface area contributed by atoms with E-state index in [-0.39, 0.29) is 6.03 Å². The minimum absolute atomic E-state index is 0.131. The zero-order valence-corrected chi connectivity index (χ0v) is 18.9. The second kappa shape index (κ2) is 10.1. The number of rotatable bonds is 3. The topological polar surface area (TPSA) is 61.6 Å². The Morgan fingerprint density at radius 3 is 2.70 bits per heavy atom. The summed E-state index contributed by atoms with van der Waals surface area (Å²) in [6.07, 6.45) is 6.49. The van der Waals surface area contributed by atoms with Crippen molar-refractivity contribution in [3.05, 3.63) is 59.7 Å². The van der Waals surface area contributed by atoms with Crippen LogP contribution in [-0.2, 0) is 6.54 Å². The molecule has 0 atom stereocenters. The van der Waals surface area contributed by atoms with Crippen LogP contribution >= 0.6 is 0 Å². The Labute approximate surface area is 194 Å². The molecule has 1 saturated carbocycles. The van der Waals surface area contributed by atoms with Crippen molar-refractivity contribution in [3.63, 3.8) is 0 Å². The Kier molecular flexibility index (Phi) is 6.59. The number of piperazine rings is 1. The molecule has 5 rings (SSSR count). The van der Waals surface area contributed by atoms with Gasteiger partial charge in [0, 0.05) is 44.2 Å². The van der Waals surface area contributed by atoms with Crippen LogP contribution in [-0.4, -0.2) is 47.2 Å². The van der Waals surface area contributed by atoms with Crippen molar-refractivity contribution in [2.24, 2.45) is 5.92 Å². The zero-order chi connectivity index (χ0) is 22.5. The van der Waals surface area contributed by atoms with Gasteiger partial charge in [-0.25, -0.2) is 4.79 Å². The number of amides is 2. The SMILES string of the molecule is O=C(Nc1noc2ccccc12)N1CCN(Cc2cccc(C#CC3CCCCC3)c2)CC1. The largest absolute Gasteiger partial charge is 0.354 e. The number of carbonyl (C=O) groups is 1. The van der Waals surface area contributed by atoms with Crippen molar-refractivity contribution in [2.45, 2.75) is 38.6 Å². The first-order valence-electron chi connectivity index (χ1n) is 12.0. The van der Waals surface area contributed by atoms with Crippen molar-refractivity contribution < 1.29 is 9.32 Å². The normalized spacial score (nSPS) is 17.5. The van der Waals surface area contributed by atoms with Gasteiger partial charge in [-0.1, -0.05) is 60.5 Å². The summed E-state index contributed by atoms with van der Waals surface area (Å²) in [4.78, 5) is 17.0. The second-order valence-electron chi connectivity index (χ2n) is 9.03. The van der Waals surface area contributed by atoms with Crippen molar-refractivity contribution in [2.75, 3.05) is 31.5 Å². The number of fused-ring (bicyclic) bond motifs is 1. The molecular weight excluding hydrogens is 412 g/mol. The van der Waals surface area contributed by atoms with Gasteiger partial charge in [-0.05, 0) is 42.7 Å². The van der Waals surface area contributed by atoms with E-state index < -0.39 is 0 Å². The van der Waals surface area contributed by atoms with E-state index in [9.17, 15) is 4.79 Å². The average molecular weight is 443 g/mol. The van der Waals surface area contributed by atoms with Gasteiger partial charge in [0.15, 0.2) is 11.4 Å². The first kappa shape index (κ1) is 21.5. The predicted octanol–water partition coefficient (Wildman–Crippen LogP) is 5.11. The summed E-state index contributed by atoms with van der Waals surface area (Å²) in [5.74, 6) is 7.94. The molecule has 0 bridgehead atoms. The Morgan fingerprint density at radius 2 is 1.85 bits per heavy atom. The van der Waals surface area contributed by atoms with Crippen molar-refractivity contribution in [1.29, 1.82) is 0 Å². The van der Waals surface area contributed by atoms with Crippen LogP contribution in [0.1, 0.15) is 43.2 Å². The summed E-state index contributed by atoms with van der Waals surface area (Å²) >= 11 is 0. The fraction of sp³-hybridized carbons (Fsp3) is 0.407. The first-order chi connectivity index (χ1) is 16.2. The lowest BCUT2D eigenvalue weighted by atomic mass is 9.89. The highest BCUT2D eigenvalue weighted by atomic mass is 16.5. The highest BCUT2D eigenvalue weighted by molar-refractivity contribution is 5.98. The van der Waals surface area contributed by atoms with Crippen LogP contribution in [0, 0.1) is 17.8 Å². The standard InChI is InChI=1S/C27H30N4O2/c32-27(28-26-24-11-4-5-12-25(24)33-29-26)31-17-15-30(16-18-31)20-23-10-6-9-22(19-23)14-13-21-7-2-1-3-8-21/h4-6,9-12,19,21H,1-3,7-8,15-18,20H2,(H,28,29,32). The molecule has 170 valence electrons. The number of aromatic nitrogens is 1. The molecule has 1 aromatic heterocycles. The summed E-state index contributed by atoms with van der Waals surface area (Å²) < 4.78 is 5.28. The second-order valence-corrected chi connectivity index (χ2v) is 9.03. The van der Waals surface area contributed by atoms with Crippen molar-refractivity contribution in [3.8, 4) is 11.8 Å². The number of para-hydroxylation sites is 1. The highest BCUT2D eigenvalue weighted by Gasteiger charge is 2.22. The molecule has 3 aromatic rings. The van der Waals surface area contributed by atoms with E-state index in [2.05, 4.69) is 51.5 Å². The summed E-state index contributed by atoms with van der Waals surface area (Å²) in [5, 5.41) is 7.71. The van der Waals surface area contributed by atoms with Gasteiger partial charge in [0.25, 0.3) is 0 Å². The molecule has 2 heterocycles. The molecule has 0 spiro atoms. The quantitative estimate of drug-likeness (QED) is 0.573. The highest BCUT2D eigenvalue weighted by Crippen LogP contribution is 2.24. The number of nitrogens with zero attached hydrogens (tertiary/aromatic N) is 3. The molecule has 33 heavy (non-hydrogen) atoms. The van der Waals surface area contributed by atoms with Crippen molar-refractivity contribution in [1.82, 2.24) is 15.0 Å². The van der Waals surface area contributed by atoms with E-state index in [0.29, 0.717) is 30.4 Å². The molecule has 2 aromatic carbocycles. The fourth-order valence-electron chi connectivity index (χ4n) is 4.70. The fourth-order valence-corrected chi connectivity index (χ4v) is 4.70. The third-order valence-corrected chi connectivity index (χ3v) is 6.62. The van der Waals surface area contributed by atoms with Gasteiger partial charge in [0.1, 0.15) is 0 Å². The molecule has 2 aliphatic rings. The van der Waals surface area contributed by atoms with E-state index in [1.54, 1.807) is 0 Å². The summed E-state index contributed by atoms with van der Waals surface area (Å²) in [5.41, 5.74) is 3.05. The smallest absolute Gasteiger partial charge is 0.323 e. The summed E-state index contributed by atoms with van der Waals surface area (Å²) in [7, 11) is 0. The van der Waals surface area contributed by atoms with Gasteiger partial charge in [0.05, 0.1) is 5.39 Å². The van der Waals surface area contributed by atoms with Crippen LogP contribution in [0.2, 0.25) is 0 Å². The van der Waals surface area contributed by atoms with Gasteiger partial charge in [-0.2, -0.15) is 0 Å². The van der Waals surface area contributed by atoms with Crippen LogP contribution in [0.3, 0.4) is 0 Å². The Hall–Kier alpha value is -3.30. The molecule has 0 unspecified atom stereocenters. The van der Waals surface area contributed by atoms with Gasteiger partial charge in [-0.15, -0.1) is 0 Å². The molecule has 0 radical (unpaired) electrons. The van der Waals surface area contributed by atoms with E-state index in [1.807, 2.05) is 29.2 Å². The lowest BCUT2D eigenvalue weighted by Crippen LogP contribution is -2.49. The van der Waals surface area contributed by atoms with E-state index in [1.165, 1.54) is 37.7 Å². The molecule has 2 fully saturated rings. The number of anilines is 1. The number of benzene rings is 2. The van der Waals surface area contributed by atoms with Crippen LogP contribution in [0.15, 0.2) is 53.1 Å². The van der Waals surface area contributed by atoms with Gasteiger partial charge < -0.3 is 9.42 Å². The lowest BCUT2D eigenvalue weighted by molar-refractivity contribution is 0.143. The number of nitrogens with one attached hydrogen (secondary N) is 1. The molecule has 1 N–H and O–H groups in total. The minimum Gasteiger partial charge on any atom is -0.354 e. The monoisotopic (exact) mass is 442 g/mol. The minimum atomic E-state index is -0.131. The zero-order valence-electron chi connectivity index (χ0n) is 18.9. The van der Waals surface area contributed by atoms with E-state index in [4.69, 9.17) is 4.52 Å². The average Bonchev–Trinajstić information content (AvgIpc) is 3.27. The number of carbonyl (C=O) groups excluding carboxylic acids is 1. The third-order valence-electron chi connectivity index (χ3n) is 6.62. The van der Waals surface area contributed by atoms with Gasteiger partial charge in [0.2, 0.25) is 0 Å². The van der Waals surface area contributed by atoms with E-state index in [0.717, 1.165) is 30.6 Å². The molecule has 6 heteroatoms.